The van der Waals surface area contributed by atoms with Crippen LogP contribution in [0.1, 0.15) is 37.8 Å². The summed E-state index contributed by atoms with van der Waals surface area (Å²) in [4.78, 5) is 8.72. The van der Waals surface area contributed by atoms with Gasteiger partial charge in [0.25, 0.3) is 0 Å². The summed E-state index contributed by atoms with van der Waals surface area (Å²) >= 11 is 0. The summed E-state index contributed by atoms with van der Waals surface area (Å²) in [5.74, 6) is -0.324. The molecule has 2 aliphatic heterocycles. The highest BCUT2D eigenvalue weighted by Gasteiger charge is 2.56. The Bertz CT molecular complexity index is 981. The summed E-state index contributed by atoms with van der Waals surface area (Å²) in [6.45, 7) is 10.9. The number of alkyl halides is 3. The van der Waals surface area contributed by atoms with Gasteiger partial charge in [-0.25, -0.2) is 0 Å². The van der Waals surface area contributed by atoms with Crippen LogP contribution in [0.15, 0.2) is 55.0 Å². The Morgan fingerprint density at radius 1 is 1.09 bits per heavy atom. The molecule has 0 amide bonds. The molecule has 8 heteroatoms. The average molecular weight is 448 g/mol. The van der Waals surface area contributed by atoms with E-state index in [0.29, 0.717) is 24.2 Å². The van der Waals surface area contributed by atoms with Gasteiger partial charge in [0.1, 0.15) is 11.4 Å². The molecule has 2 fully saturated rings. The minimum absolute atomic E-state index is 0.324. The van der Waals surface area contributed by atoms with E-state index in [1.807, 2.05) is 19.9 Å². The van der Waals surface area contributed by atoms with Gasteiger partial charge in [0.2, 0.25) is 0 Å². The van der Waals surface area contributed by atoms with Crippen LogP contribution in [0.25, 0.3) is 0 Å². The lowest BCUT2D eigenvalue weighted by Crippen LogP contribution is -2.64. The van der Waals surface area contributed by atoms with Crippen molar-refractivity contribution < 1.29 is 23.0 Å². The SMILES string of the molecule is C=C(C)N1CC(C)([C@](O)(c2ccc(OC(F)(F)F)cc2)c2cncc(N3CCCC3)c2)C1. The van der Waals surface area contributed by atoms with Gasteiger partial charge in [-0.05, 0) is 43.5 Å². The largest absolute Gasteiger partial charge is 0.573 e. The molecule has 4 rings (SSSR count). The van der Waals surface area contributed by atoms with Crippen molar-refractivity contribution in [2.45, 2.75) is 38.7 Å². The average Bonchev–Trinajstić information content (AvgIpc) is 3.25. The number of pyridine rings is 1. The predicted molar refractivity (Wildman–Crippen MR) is 116 cm³/mol. The molecule has 0 unspecified atom stereocenters. The first-order valence-corrected chi connectivity index (χ1v) is 10.7. The summed E-state index contributed by atoms with van der Waals surface area (Å²) in [5, 5.41) is 12.2. The second-order valence-electron chi connectivity index (χ2n) is 9.06. The number of hydrogen-bond acceptors (Lipinski definition) is 5. The molecular weight excluding hydrogens is 419 g/mol. The second kappa shape index (κ2) is 7.99. The van der Waals surface area contributed by atoms with E-state index in [1.165, 1.54) is 24.3 Å². The fourth-order valence-electron chi connectivity index (χ4n) is 4.83. The third-order valence-corrected chi connectivity index (χ3v) is 6.61. The molecule has 1 atom stereocenters. The number of allylic oxidation sites excluding steroid dienone is 1. The van der Waals surface area contributed by atoms with E-state index in [0.717, 1.165) is 37.3 Å². The summed E-state index contributed by atoms with van der Waals surface area (Å²) < 4.78 is 41.8. The van der Waals surface area contributed by atoms with E-state index in [1.54, 1.807) is 12.4 Å². The molecule has 2 saturated heterocycles. The maximum atomic E-state index is 12.6. The van der Waals surface area contributed by atoms with Gasteiger partial charge in [-0.1, -0.05) is 25.6 Å². The number of ether oxygens (including phenoxy) is 1. The van der Waals surface area contributed by atoms with Crippen LogP contribution in [0.2, 0.25) is 0 Å². The molecule has 2 aliphatic rings. The van der Waals surface area contributed by atoms with Gasteiger partial charge in [-0.3, -0.25) is 4.98 Å². The van der Waals surface area contributed by atoms with Crippen LogP contribution >= 0.6 is 0 Å². The van der Waals surface area contributed by atoms with Crippen molar-refractivity contribution in [1.29, 1.82) is 0 Å². The fraction of sp³-hybridized carbons (Fsp3) is 0.458. The molecule has 0 saturated carbocycles. The molecule has 0 aliphatic carbocycles. The minimum Gasteiger partial charge on any atom is -0.406 e. The van der Waals surface area contributed by atoms with Gasteiger partial charge in [0.05, 0.1) is 11.9 Å². The van der Waals surface area contributed by atoms with E-state index in [9.17, 15) is 18.3 Å². The van der Waals surface area contributed by atoms with Crippen molar-refractivity contribution in [3.63, 3.8) is 0 Å². The highest BCUT2D eigenvalue weighted by atomic mass is 19.4. The van der Waals surface area contributed by atoms with Crippen molar-refractivity contribution in [2.75, 3.05) is 31.1 Å². The molecule has 2 aromatic rings. The van der Waals surface area contributed by atoms with E-state index < -0.39 is 17.4 Å². The molecule has 0 radical (unpaired) electrons. The number of halogens is 3. The first-order chi connectivity index (χ1) is 15.0. The van der Waals surface area contributed by atoms with Gasteiger partial charge < -0.3 is 19.6 Å². The molecule has 1 aromatic carbocycles. The minimum atomic E-state index is -4.77. The Balaban J connectivity index is 1.75. The molecular formula is C24H28F3N3O2. The second-order valence-corrected chi connectivity index (χ2v) is 9.06. The highest BCUT2D eigenvalue weighted by molar-refractivity contribution is 5.51. The first-order valence-electron chi connectivity index (χ1n) is 10.7. The molecule has 1 aromatic heterocycles. The van der Waals surface area contributed by atoms with Crippen LogP contribution < -0.4 is 9.64 Å². The van der Waals surface area contributed by atoms with E-state index in [4.69, 9.17) is 0 Å². The van der Waals surface area contributed by atoms with Gasteiger partial charge >= 0.3 is 6.36 Å². The van der Waals surface area contributed by atoms with Gasteiger partial charge in [0.15, 0.2) is 0 Å². The standard InChI is InChI=1S/C24H28F3N3O2/c1-17(2)30-15-22(3,16-30)23(31,18-6-8-21(9-7-18)32-24(25,26)27)19-12-20(14-28-13-19)29-10-4-5-11-29/h6-9,12-14,31H,1,4-5,10-11,15-16H2,2-3H3/t23-/m0/s1. The number of nitrogens with zero attached hydrogens (tertiary/aromatic N) is 3. The van der Waals surface area contributed by atoms with Crippen LogP contribution in [-0.2, 0) is 5.60 Å². The Labute approximate surface area is 186 Å². The van der Waals surface area contributed by atoms with Crippen molar-refractivity contribution in [3.8, 4) is 5.75 Å². The van der Waals surface area contributed by atoms with E-state index in [-0.39, 0.29) is 5.75 Å². The van der Waals surface area contributed by atoms with Crippen LogP contribution in [0.3, 0.4) is 0 Å². The zero-order valence-corrected chi connectivity index (χ0v) is 18.3. The van der Waals surface area contributed by atoms with Crippen molar-refractivity contribution in [2.24, 2.45) is 5.41 Å². The molecule has 172 valence electrons. The Morgan fingerprint density at radius 2 is 1.72 bits per heavy atom. The van der Waals surface area contributed by atoms with Crippen LogP contribution in [-0.4, -0.2) is 47.5 Å². The summed E-state index contributed by atoms with van der Waals surface area (Å²) in [5.41, 5.74) is 0.909. The maximum Gasteiger partial charge on any atom is 0.573 e. The molecule has 3 heterocycles. The number of aromatic nitrogens is 1. The zero-order chi connectivity index (χ0) is 23.1. The summed E-state index contributed by atoms with van der Waals surface area (Å²) in [6.07, 6.45) is 0.891. The predicted octanol–water partition coefficient (Wildman–Crippen LogP) is 4.67. The number of benzene rings is 1. The topological polar surface area (TPSA) is 48.8 Å². The lowest BCUT2D eigenvalue weighted by Gasteiger charge is -2.57. The quantitative estimate of drug-likeness (QED) is 0.697. The molecule has 32 heavy (non-hydrogen) atoms. The third-order valence-electron chi connectivity index (χ3n) is 6.61. The Hall–Kier alpha value is -2.74. The smallest absolute Gasteiger partial charge is 0.406 e. The number of hydrogen-bond donors (Lipinski definition) is 1. The summed E-state index contributed by atoms with van der Waals surface area (Å²) in [7, 11) is 0. The normalized spacial score (nSPS) is 19.9. The van der Waals surface area contributed by atoms with Gasteiger partial charge in [-0.2, -0.15) is 0 Å². The maximum absolute atomic E-state index is 12.6. The highest BCUT2D eigenvalue weighted by Crippen LogP contribution is 2.51. The van der Waals surface area contributed by atoms with Gasteiger partial charge in [-0.15, -0.1) is 13.2 Å². The van der Waals surface area contributed by atoms with Crippen LogP contribution in [0, 0.1) is 5.41 Å². The zero-order valence-electron chi connectivity index (χ0n) is 18.3. The summed E-state index contributed by atoms with van der Waals surface area (Å²) in [6, 6.07) is 7.43. The number of anilines is 1. The van der Waals surface area contributed by atoms with E-state index >= 15 is 0 Å². The first kappa shape index (κ1) is 22.5. The molecule has 5 nitrogen and oxygen atoms in total. The number of rotatable bonds is 6. The van der Waals surface area contributed by atoms with Crippen molar-refractivity contribution in [1.82, 2.24) is 9.88 Å². The lowest BCUT2D eigenvalue weighted by atomic mass is 9.62. The number of likely N-dealkylation sites (tertiary alicyclic amines) is 1. The van der Waals surface area contributed by atoms with Crippen LogP contribution in [0.5, 0.6) is 5.75 Å². The van der Waals surface area contributed by atoms with Crippen molar-refractivity contribution in [3.05, 3.63) is 66.1 Å². The van der Waals surface area contributed by atoms with Gasteiger partial charge in [0, 0.05) is 49.1 Å². The Kier molecular flexibility index (Phi) is 5.61. The molecule has 1 N–H and O–H groups in total. The van der Waals surface area contributed by atoms with Crippen molar-refractivity contribution >= 4 is 5.69 Å². The monoisotopic (exact) mass is 447 g/mol. The fourth-order valence-corrected chi connectivity index (χ4v) is 4.83. The Morgan fingerprint density at radius 3 is 2.28 bits per heavy atom. The molecule has 0 spiro atoms. The van der Waals surface area contributed by atoms with E-state index in [2.05, 4.69) is 26.1 Å². The number of aliphatic hydroxyl groups is 1. The lowest BCUT2D eigenvalue weighted by molar-refractivity contribution is -0.274. The van der Waals surface area contributed by atoms with Crippen LogP contribution in [0.4, 0.5) is 18.9 Å². The third kappa shape index (κ3) is 4.03. The molecule has 0 bridgehead atoms.